The molecule has 0 aliphatic carbocycles. The summed E-state index contributed by atoms with van der Waals surface area (Å²) >= 11 is 0. The first-order valence-electron chi connectivity index (χ1n) is 8.30. The van der Waals surface area contributed by atoms with E-state index in [1.54, 1.807) is 6.92 Å². The summed E-state index contributed by atoms with van der Waals surface area (Å²) in [5.41, 5.74) is 2.28. The third-order valence-corrected chi connectivity index (χ3v) is 4.67. The molecule has 3 aromatic rings. The van der Waals surface area contributed by atoms with Gasteiger partial charge in [-0.15, -0.1) is 0 Å². The van der Waals surface area contributed by atoms with E-state index >= 15 is 0 Å². The predicted molar refractivity (Wildman–Crippen MR) is 96.1 cm³/mol. The minimum atomic E-state index is -0.776. The fourth-order valence-corrected chi connectivity index (χ4v) is 3.47. The molecule has 0 fully saturated rings. The van der Waals surface area contributed by atoms with Crippen LogP contribution in [0.3, 0.4) is 0 Å². The lowest BCUT2D eigenvalue weighted by Crippen LogP contribution is -2.09. The molecular formula is C21H22O2. The molecular weight excluding hydrogens is 284 g/mol. The molecule has 0 saturated carbocycles. The monoisotopic (exact) mass is 306 g/mol. The lowest BCUT2D eigenvalue weighted by atomic mass is 9.85. The van der Waals surface area contributed by atoms with Gasteiger partial charge in [0.05, 0.1) is 5.92 Å². The Bertz CT molecular complexity index is 807. The molecule has 0 aromatic heterocycles. The molecule has 2 heteroatoms. The van der Waals surface area contributed by atoms with E-state index in [2.05, 4.69) is 31.2 Å². The lowest BCUT2D eigenvalue weighted by Gasteiger charge is -2.19. The molecule has 1 N–H and O–H groups in total. The second-order valence-corrected chi connectivity index (χ2v) is 6.15. The zero-order valence-electron chi connectivity index (χ0n) is 13.7. The maximum atomic E-state index is 11.6. The fourth-order valence-electron chi connectivity index (χ4n) is 3.47. The molecule has 0 spiro atoms. The Balaban J connectivity index is 2.44. The van der Waals surface area contributed by atoms with Gasteiger partial charge < -0.3 is 5.11 Å². The van der Waals surface area contributed by atoms with E-state index < -0.39 is 11.9 Å². The summed E-state index contributed by atoms with van der Waals surface area (Å²) in [5.74, 6) is -1.30. The highest BCUT2D eigenvalue weighted by atomic mass is 16.4. The Labute approximate surface area is 136 Å². The summed E-state index contributed by atoms with van der Waals surface area (Å²) in [6.07, 6.45) is 3.32. The maximum Gasteiger partial charge on any atom is 0.310 e. The average molecular weight is 306 g/mol. The van der Waals surface area contributed by atoms with Gasteiger partial charge in [-0.05, 0) is 52.4 Å². The Hall–Kier alpha value is -2.35. The van der Waals surface area contributed by atoms with Gasteiger partial charge in [0.25, 0.3) is 0 Å². The van der Waals surface area contributed by atoms with Crippen molar-refractivity contribution in [2.45, 2.75) is 39.0 Å². The van der Waals surface area contributed by atoms with E-state index in [0.717, 1.165) is 35.6 Å². The molecule has 1 unspecified atom stereocenters. The molecule has 2 nitrogen and oxygen atoms in total. The van der Waals surface area contributed by atoms with Gasteiger partial charge in [-0.2, -0.15) is 0 Å². The number of hydrogen-bond acceptors (Lipinski definition) is 1. The Kier molecular flexibility index (Phi) is 4.33. The normalized spacial score (nSPS) is 12.6. The highest BCUT2D eigenvalue weighted by Crippen LogP contribution is 2.37. The number of carboxylic acids is 1. The third kappa shape index (κ3) is 2.70. The predicted octanol–water partition coefficient (Wildman–Crippen LogP) is 5.52. The molecule has 23 heavy (non-hydrogen) atoms. The lowest BCUT2D eigenvalue weighted by molar-refractivity contribution is -0.138. The van der Waals surface area contributed by atoms with Crippen LogP contribution >= 0.6 is 0 Å². The second-order valence-electron chi connectivity index (χ2n) is 6.15. The number of rotatable bonds is 5. The van der Waals surface area contributed by atoms with E-state index in [-0.39, 0.29) is 0 Å². The quantitative estimate of drug-likeness (QED) is 0.630. The minimum Gasteiger partial charge on any atom is -0.481 e. The summed E-state index contributed by atoms with van der Waals surface area (Å²) in [6.45, 7) is 3.98. The van der Waals surface area contributed by atoms with Crippen LogP contribution < -0.4 is 0 Å². The van der Waals surface area contributed by atoms with E-state index in [4.69, 9.17) is 0 Å². The van der Waals surface area contributed by atoms with Crippen molar-refractivity contribution < 1.29 is 9.90 Å². The molecule has 0 saturated heterocycles. The van der Waals surface area contributed by atoms with Crippen LogP contribution in [0.1, 0.15) is 43.7 Å². The van der Waals surface area contributed by atoms with Crippen molar-refractivity contribution in [3.05, 3.63) is 59.7 Å². The van der Waals surface area contributed by atoms with Crippen molar-refractivity contribution in [2.75, 3.05) is 0 Å². The van der Waals surface area contributed by atoms with Crippen LogP contribution in [0.5, 0.6) is 0 Å². The highest BCUT2D eigenvalue weighted by Gasteiger charge is 2.21. The van der Waals surface area contributed by atoms with E-state index in [0.29, 0.717) is 0 Å². The van der Waals surface area contributed by atoms with Gasteiger partial charge in [0.2, 0.25) is 0 Å². The van der Waals surface area contributed by atoms with Crippen molar-refractivity contribution in [2.24, 2.45) is 0 Å². The number of benzene rings is 3. The van der Waals surface area contributed by atoms with Crippen LogP contribution in [0.2, 0.25) is 0 Å². The minimum absolute atomic E-state index is 0.523. The van der Waals surface area contributed by atoms with Gasteiger partial charge in [0.1, 0.15) is 0 Å². The fraction of sp³-hybridized carbons (Fsp3) is 0.286. The zero-order valence-corrected chi connectivity index (χ0v) is 13.7. The Morgan fingerprint density at radius 3 is 1.87 bits per heavy atom. The first-order chi connectivity index (χ1) is 11.1. The van der Waals surface area contributed by atoms with Gasteiger partial charge >= 0.3 is 5.97 Å². The molecule has 0 aliphatic rings. The van der Waals surface area contributed by atoms with E-state index in [1.807, 2.05) is 24.3 Å². The van der Waals surface area contributed by atoms with Crippen molar-refractivity contribution >= 4 is 27.5 Å². The van der Waals surface area contributed by atoms with Crippen LogP contribution in [-0.4, -0.2) is 11.1 Å². The third-order valence-electron chi connectivity index (χ3n) is 4.67. The van der Waals surface area contributed by atoms with Gasteiger partial charge in [-0.1, -0.05) is 61.9 Å². The summed E-state index contributed by atoms with van der Waals surface area (Å²) in [4.78, 5) is 11.6. The van der Waals surface area contributed by atoms with Gasteiger partial charge in [0.15, 0.2) is 0 Å². The van der Waals surface area contributed by atoms with Crippen LogP contribution in [-0.2, 0) is 11.2 Å². The average Bonchev–Trinajstić information content (AvgIpc) is 2.58. The standard InChI is InChI=1S/C21H22O2/c1-3-4-9-15-16-10-5-7-12-18(16)20(14(2)21(22)23)19-13-8-6-11-17(15)19/h5-8,10-14H,3-4,9H2,1-2H3,(H,22,23). The molecule has 3 aromatic carbocycles. The molecule has 118 valence electrons. The second kappa shape index (κ2) is 6.41. The van der Waals surface area contributed by atoms with E-state index in [9.17, 15) is 9.90 Å². The topological polar surface area (TPSA) is 37.3 Å². The molecule has 0 radical (unpaired) electrons. The van der Waals surface area contributed by atoms with E-state index in [1.165, 1.54) is 16.3 Å². The summed E-state index contributed by atoms with van der Waals surface area (Å²) in [7, 11) is 0. The van der Waals surface area contributed by atoms with Crippen LogP contribution in [0.4, 0.5) is 0 Å². The first-order valence-corrected chi connectivity index (χ1v) is 8.30. The molecule has 1 atom stereocenters. The largest absolute Gasteiger partial charge is 0.481 e. The highest BCUT2D eigenvalue weighted by molar-refractivity contribution is 6.08. The SMILES string of the molecule is CCCCc1c2ccccc2c(C(C)C(=O)O)c2ccccc12. The smallest absolute Gasteiger partial charge is 0.310 e. The van der Waals surface area contributed by atoms with Gasteiger partial charge in [0, 0.05) is 0 Å². The van der Waals surface area contributed by atoms with Crippen LogP contribution in [0.25, 0.3) is 21.5 Å². The number of aryl methyl sites for hydroxylation is 1. The van der Waals surface area contributed by atoms with Crippen LogP contribution in [0, 0.1) is 0 Å². The summed E-state index contributed by atoms with van der Waals surface area (Å²) < 4.78 is 0. The number of hydrogen-bond donors (Lipinski definition) is 1. The Morgan fingerprint density at radius 1 is 0.957 bits per heavy atom. The van der Waals surface area contributed by atoms with Crippen molar-refractivity contribution in [1.82, 2.24) is 0 Å². The first kappa shape index (κ1) is 15.5. The number of unbranched alkanes of at least 4 members (excludes halogenated alkanes) is 1. The van der Waals surface area contributed by atoms with Crippen molar-refractivity contribution in [1.29, 1.82) is 0 Å². The molecule has 0 aliphatic heterocycles. The summed E-state index contributed by atoms with van der Waals surface area (Å²) in [6, 6.07) is 16.5. The maximum absolute atomic E-state index is 11.6. The number of fused-ring (bicyclic) bond motifs is 2. The zero-order chi connectivity index (χ0) is 16.4. The summed E-state index contributed by atoms with van der Waals surface area (Å²) in [5, 5.41) is 14.1. The molecule has 0 amide bonds. The van der Waals surface area contributed by atoms with Crippen molar-refractivity contribution in [3.63, 3.8) is 0 Å². The number of aliphatic carboxylic acids is 1. The number of carbonyl (C=O) groups is 1. The molecule has 0 heterocycles. The van der Waals surface area contributed by atoms with Gasteiger partial charge in [-0.3, -0.25) is 4.79 Å². The molecule has 3 rings (SSSR count). The Morgan fingerprint density at radius 2 is 1.43 bits per heavy atom. The van der Waals surface area contributed by atoms with Crippen molar-refractivity contribution in [3.8, 4) is 0 Å². The van der Waals surface area contributed by atoms with Crippen LogP contribution in [0.15, 0.2) is 48.5 Å². The van der Waals surface area contributed by atoms with Gasteiger partial charge in [-0.25, -0.2) is 0 Å². The number of carboxylic acid groups (broad SMARTS) is 1. The molecule has 0 bridgehead atoms.